The number of allylic oxidation sites excluding steroid dienone is 2. The van der Waals surface area contributed by atoms with Crippen LogP contribution in [-0.4, -0.2) is 60.9 Å². The monoisotopic (exact) mass is 458 g/mol. The van der Waals surface area contributed by atoms with Crippen LogP contribution >= 0.6 is 0 Å². The average Bonchev–Trinajstić information content (AvgIpc) is 2.73. The van der Waals surface area contributed by atoms with Crippen LogP contribution < -0.4 is 10.2 Å². The van der Waals surface area contributed by atoms with Gasteiger partial charge in [-0.3, -0.25) is 14.5 Å². The number of fused-ring (bicyclic) bond motifs is 2. The van der Waals surface area contributed by atoms with Gasteiger partial charge in [-0.1, -0.05) is 12.1 Å². The van der Waals surface area contributed by atoms with Crippen molar-refractivity contribution in [2.24, 2.45) is 4.40 Å². The fourth-order valence-corrected chi connectivity index (χ4v) is 4.66. The van der Waals surface area contributed by atoms with Crippen LogP contribution in [0.3, 0.4) is 0 Å². The molecule has 0 spiro atoms. The van der Waals surface area contributed by atoms with E-state index in [9.17, 15) is 22.8 Å². The third-order valence-electron chi connectivity index (χ3n) is 5.44. The Morgan fingerprint density at radius 2 is 1.97 bits per heavy atom. The molecule has 11 heteroatoms. The smallest absolute Gasteiger partial charge is 0.342 e. The van der Waals surface area contributed by atoms with Crippen molar-refractivity contribution in [3.63, 3.8) is 0 Å². The first-order valence-corrected chi connectivity index (χ1v) is 11.6. The second-order valence-electron chi connectivity index (χ2n) is 8.07. The first-order chi connectivity index (χ1) is 15.0. The van der Waals surface area contributed by atoms with Crippen LogP contribution in [-0.2, 0) is 29.1 Å². The Bertz CT molecular complexity index is 1210. The predicted molar refractivity (Wildman–Crippen MR) is 117 cm³/mol. The summed E-state index contributed by atoms with van der Waals surface area (Å²) in [6.07, 6.45) is 3.34. The molecule has 3 aliphatic rings. The molecule has 0 aliphatic carbocycles. The zero-order valence-corrected chi connectivity index (χ0v) is 18.5. The van der Waals surface area contributed by atoms with E-state index >= 15 is 0 Å². The van der Waals surface area contributed by atoms with Crippen LogP contribution in [0.1, 0.15) is 20.8 Å². The van der Waals surface area contributed by atoms with E-state index < -0.39 is 33.5 Å². The van der Waals surface area contributed by atoms with Crippen molar-refractivity contribution in [2.45, 2.75) is 32.4 Å². The molecule has 0 aromatic heterocycles. The number of nitrogens with one attached hydrogen (secondary N) is 1. The van der Waals surface area contributed by atoms with Crippen LogP contribution in [0, 0.1) is 0 Å². The van der Waals surface area contributed by atoms with Crippen LogP contribution in [0.4, 0.5) is 11.4 Å². The second-order valence-corrected chi connectivity index (χ2v) is 9.82. The van der Waals surface area contributed by atoms with Crippen molar-refractivity contribution < 1.29 is 27.5 Å². The summed E-state index contributed by atoms with van der Waals surface area (Å²) in [7, 11) is -3.69. The molecule has 168 valence electrons. The normalized spacial score (nSPS) is 21.4. The van der Waals surface area contributed by atoms with E-state index in [1.807, 2.05) is 0 Å². The third-order valence-corrected chi connectivity index (χ3v) is 6.59. The van der Waals surface area contributed by atoms with Gasteiger partial charge in [0, 0.05) is 12.7 Å². The number of para-hydroxylation sites is 2. The Morgan fingerprint density at radius 3 is 2.72 bits per heavy atom. The van der Waals surface area contributed by atoms with E-state index in [0.717, 1.165) is 0 Å². The zero-order valence-electron chi connectivity index (χ0n) is 17.7. The summed E-state index contributed by atoms with van der Waals surface area (Å²) < 4.78 is 32.9. The van der Waals surface area contributed by atoms with Gasteiger partial charge in [0.05, 0.1) is 17.1 Å². The van der Waals surface area contributed by atoms with Crippen molar-refractivity contribution in [2.75, 3.05) is 22.5 Å². The van der Waals surface area contributed by atoms with Crippen molar-refractivity contribution in [3.8, 4) is 0 Å². The summed E-state index contributed by atoms with van der Waals surface area (Å²) in [5.74, 6) is -2.05. The SMILES string of the molecule is C[C@H](OC(=O)C1=CC=CN2CCS(=O)(=O)N=C12)C(=O)N1c2ccccc2NC(=O)C1(C)C. The first kappa shape index (κ1) is 21.8. The number of amides is 2. The van der Waals surface area contributed by atoms with Gasteiger partial charge in [-0.25, -0.2) is 13.2 Å². The van der Waals surface area contributed by atoms with Crippen molar-refractivity contribution in [1.29, 1.82) is 0 Å². The molecule has 2 amide bonds. The fourth-order valence-electron chi connectivity index (χ4n) is 3.68. The molecule has 1 aromatic rings. The quantitative estimate of drug-likeness (QED) is 0.674. The van der Waals surface area contributed by atoms with E-state index in [0.29, 0.717) is 11.4 Å². The Balaban J connectivity index is 1.60. The van der Waals surface area contributed by atoms with Gasteiger partial charge in [-0.15, -0.1) is 4.40 Å². The minimum absolute atomic E-state index is 0.0357. The lowest BCUT2D eigenvalue weighted by Crippen LogP contribution is -2.60. The predicted octanol–water partition coefficient (Wildman–Crippen LogP) is 1.18. The highest BCUT2D eigenvalue weighted by molar-refractivity contribution is 7.90. The number of carbonyl (C=O) groups is 3. The molecule has 1 aromatic carbocycles. The molecule has 32 heavy (non-hydrogen) atoms. The number of anilines is 2. The summed E-state index contributed by atoms with van der Waals surface area (Å²) in [5.41, 5.74) is -0.330. The minimum Gasteiger partial charge on any atom is -0.449 e. The van der Waals surface area contributed by atoms with Crippen LogP contribution in [0.2, 0.25) is 0 Å². The highest BCUT2D eigenvalue weighted by atomic mass is 32.2. The molecule has 0 unspecified atom stereocenters. The highest BCUT2D eigenvalue weighted by Gasteiger charge is 2.45. The number of rotatable bonds is 3. The number of nitrogens with zero attached hydrogens (tertiary/aromatic N) is 3. The molecule has 10 nitrogen and oxygen atoms in total. The molecule has 4 rings (SSSR count). The number of amidine groups is 1. The second kappa shape index (κ2) is 7.59. The van der Waals surface area contributed by atoms with E-state index in [2.05, 4.69) is 9.71 Å². The molecule has 0 fully saturated rings. The van der Waals surface area contributed by atoms with E-state index in [-0.39, 0.29) is 29.6 Å². The molecule has 1 N–H and O–H groups in total. The lowest BCUT2D eigenvalue weighted by molar-refractivity contribution is -0.150. The number of esters is 1. The molecule has 0 saturated carbocycles. The number of carbonyl (C=O) groups excluding carboxylic acids is 3. The van der Waals surface area contributed by atoms with Gasteiger partial charge < -0.3 is 15.0 Å². The van der Waals surface area contributed by atoms with Crippen molar-refractivity contribution in [3.05, 3.63) is 48.2 Å². The number of hydrogen-bond acceptors (Lipinski definition) is 7. The number of benzene rings is 1. The van der Waals surface area contributed by atoms with Crippen LogP contribution in [0.25, 0.3) is 0 Å². The van der Waals surface area contributed by atoms with Crippen LogP contribution in [0.15, 0.2) is 52.6 Å². The molecule has 1 atom stereocenters. The van der Waals surface area contributed by atoms with Gasteiger partial charge in [-0.2, -0.15) is 0 Å². The summed E-state index contributed by atoms with van der Waals surface area (Å²) in [4.78, 5) is 41.6. The standard InChI is InChI=1S/C21H22N4O6S/c1-13(18(26)25-16-9-5-4-8-15(16)22-20(28)21(25,2)3)31-19(27)14-7-6-10-24-11-12-32(29,30)23-17(14)24/h4-10,13H,11-12H2,1-3H3,(H,22,28)/t13-/m0/s1. The fraction of sp³-hybridized carbons (Fsp3) is 0.333. The Kier molecular flexibility index (Phi) is 5.16. The summed E-state index contributed by atoms with van der Waals surface area (Å²) >= 11 is 0. The lowest BCUT2D eigenvalue weighted by atomic mass is 9.95. The average molecular weight is 458 g/mol. The number of hydrogen-bond donors (Lipinski definition) is 1. The molecule has 0 saturated heterocycles. The molecule has 3 aliphatic heterocycles. The summed E-state index contributed by atoms with van der Waals surface area (Å²) in [5, 5.41) is 2.77. The molecular weight excluding hydrogens is 436 g/mol. The van der Waals surface area contributed by atoms with Crippen molar-refractivity contribution in [1.82, 2.24) is 4.90 Å². The first-order valence-electron chi connectivity index (χ1n) is 9.95. The van der Waals surface area contributed by atoms with Gasteiger partial charge in [0.25, 0.3) is 15.9 Å². The van der Waals surface area contributed by atoms with Crippen LogP contribution in [0.5, 0.6) is 0 Å². The number of sulfonamides is 1. The largest absolute Gasteiger partial charge is 0.449 e. The number of ether oxygens (including phenoxy) is 1. The molecule has 3 heterocycles. The van der Waals surface area contributed by atoms with E-state index in [1.54, 1.807) is 55.3 Å². The van der Waals surface area contributed by atoms with E-state index in [4.69, 9.17) is 4.74 Å². The maximum Gasteiger partial charge on any atom is 0.342 e. The Morgan fingerprint density at radius 1 is 1.25 bits per heavy atom. The van der Waals surface area contributed by atoms with Gasteiger partial charge in [0.15, 0.2) is 11.9 Å². The van der Waals surface area contributed by atoms with Gasteiger partial charge in [-0.05, 0) is 45.1 Å². The Hall–Kier alpha value is -3.47. The molecule has 0 bridgehead atoms. The minimum atomic E-state index is -3.69. The maximum atomic E-state index is 13.3. The Labute approximate surface area is 185 Å². The summed E-state index contributed by atoms with van der Waals surface area (Å²) in [6, 6.07) is 6.84. The third kappa shape index (κ3) is 3.68. The highest BCUT2D eigenvalue weighted by Crippen LogP contribution is 2.37. The van der Waals surface area contributed by atoms with Gasteiger partial charge >= 0.3 is 5.97 Å². The molecule has 0 radical (unpaired) electrons. The van der Waals surface area contributed by atoms with Gasteiger partial charge in [0.1, 0.15) is 11.1 Å². The van der Waals surface area contributed by atoms with E-state index in [1.165, 1.54) is 17.9 Å². The maximum absolute atomic E-state index is 13.3. The van der Waals surface area contributed by atoms with Crippen molar-refractivity contribution >= 4 is 45.0 Å². The topological polar surface area (TPSA) is 125 Å². The molecular formula is C21H22N4O6S. The van der Waals surface area contributed by atoms with Gasteiger partial charge in [0.2, 0.25) is 5.91 Å². The lowest BCUT2D eigenvalue weighted by Gasteiger charge is -2.42. The zero-order chi connectivity index (χ0) is 23.3. The summed E-state index contributed by atoms with van der Waals surface area (Å²) in [6.45, 7) is 4.75.